The van der Waals surface area contributed by atoms with E-state index in [2.05, 4.69) is 143 Å². The Hall–Kier alpha value is -8.27. The number of carbonyl (C=O) groups excluding carboxylic acids is 5. The molecule has 4 aliphatic rings. The monoisotopic (exact) mass is 2160 g/mol. The number of rotatable bonds is 52. The van der Waals surface area contributed by atoms with Gasteiger partial charge in [0, 0.05) is 118 Å². The number of carbonyl (C=O) groups is 5. The van der Waals surface area contributed by atoms with E-state index in [1.807, 2.05) is 48.2 Å². The van der Waals surface area contributed by atoms with E-state index in [4.69, 9.17) is 88.8 Å². The Balaban J connectivity index is 0.000000198. The average molecular weight is 2160 g/mol. The fraction of sp³-hybridized carbons (Fsp3) is 0.491. The number of thiophene rings is 1. The number of aliphatic hydroxyl groups is 7. The predicted octanol–water partition coefficient (Wildman–Crippen LogP) is 22.8. The topological polar surface area (TPSA) is 362 Å². The quantitative estimate of drug-likeness (QED) is 0.00354. The highest BCUT2D eigenvalue weighted by Crippen LogP contribution is 2.47. The summed E-state index contributed by atoms with van der Waals surface area (Å²) in [5.41, 5.74) is 11.2. The summed E-state index contributed by atoms with van der Waals surface area (Å²) in [5, 5.41) is 87.1. The molecule has 11 atom stereocenters. The van der Waals surface area contributed by atoms with Crippen LogP contribution in [0.2, 0.25) is 0 Å². The third-order valence-electron chi connectivity index (χ3n) is 27.0. The number of ketones is 1. The van der Waals surface area contributed by atoms with Gasteiger partial charge >= 0.3 is 23.9 Å². The second-order valence-corrected chi connectivity index (χ2v) is 45.4. The number of halogens is 4. The van der Waals surface area contributed by atoms with Gasteiger partial charge in [0.05, 0.1) is 80.0 Å². The van der Waals surface area contributed by atoms with Crippen molar-refractivity contribution in [3.63, 3.8) is 0 Å². The Labute approximate surface area is 891 Å². The minimum Gasteiger partial charge on any atom is -0.495 e. The van der Waals surface area contributed by atoms with Crippen molar-refractivity contribution < 1.29 is 97.5 Å². The smallest absolute Gasteiger partial charge is 0.353 e. The lowest BCUT2D eigenvalue weighted by molar-refractivity contribution is -0.385. The van der Waals surface area contributed by atoms with Gasteiger partial charge in [-0.15, -0.1) is 92.9 Å². The van der Waals surface area contributed by atoms with E-state index in [1.165, 1.54) is 63.3 Å². The summed E-state index contributed by atoms with van der Waals surface area (Å²) in [5.74, 6) is 3.38. The number of hydrogen-bond acceptors (Lipinski definition) is 28. The number of aliphatic hydroxyl groups excluding tert-OH is 7. The number of Topliss-reactive ketones (excluding diaryl/α,β-unsaturated/α-hetero) is 1. The Kier molecular flexibility index (Phi) is 51.0. The molecule has 3 fully saturated rings. The number of aryl methyl sites for hydroxylation is 5. The number of esters is 4. The van der Waals surface area contributed by atoms with Crippen LogP contribution in [-0.4, -0.2) is 189 Å². The van der Waals surface area contributed by atoms with E-state index in [0.717, 1.165) is 171 Å². The molecular formula is C112H137Cl3FN3O20S6. The minimum absolute atomic E-state index is 0.0136. The summed E-state index contributed by atoms with van der Waals surface area (Å²) in [7, 11) is 1.52. The Morgan fingerprint density at radius 3 is 1.87 bits per heavy atom. The van der Waals surface area contributed by atoms with Gasteiger partial charge in [-0.3, -0.25) is 19.7 Å². The molecule has 7 N–H and O–H groups in total. The number of nitro benzene ring substituents is 1. The molecule has 3 unspecified atom stereocenters. The van der Waals surface area contributed by atoms with E-state index < -0.39 is 40.9 Å². The molecule has 4 aliphatic carbocycles. The molecule has 0 amide bonds. The molecule has 3 saturated carbocycles. The maximum absolute atomic E-state index is 14.0. The average Bonchev–Trinajstić information content (AvgIpc) is 1.79. The van der Waals surface area contributed by atoms with Crippen molar-refractivity contribution in [2.45, 2.75) is 218 Å². The lowest BCUT2D eigenvalue weighted by Crippen LogP contribution is -2.19. The fourth-order valence-electron chi connectivity index (χ4n) is 18.9. The van der Waals surface area contributed by atoms with Gasteiger partial charge in [0.2, 0.25) is 5.95 Å². The molecule has 0 bridgehead atoms. The van der Waals surface area contributed by atoms with Crippen LogP contribution >= 0.6 is 105 Å². The summed E-state index contributed by atoms with van der Waals surface area (Å²) < 4.78 is 45.0. The summed E-state index contributed by atoms with van der Waals surface area (Å²) in [6.07, 6.45) is 18.5. The maximum atomic E-state index is 14.0. The molecule has 784 valence electrons. The van der Waals surface area contributed by atoms with Crippen molar-refractivity contribution in [2.24, 2.45) is 47.3 Å². The first-order valence-electron chi connectivity index (χ1n) is 49.9. The Bertz CT molecular complexity index is 5670. The molecule has 0 spiro atoms. The number of alkyl halides is 2. The number of methoxy groups -OCH3 is 1. The first-order chi connectivity index (χ1) is 70.0. The molecule has 2 heterocycles. The predicted molar refractivity (Wildman–Crippen MR) is 576 cm³/mol. The number of thiazole rings is 1. The third-order valence-corrected chi connectivity index (χ3v) is 35.2. The number of unbranched alkanes of at least 4 members (excludes halogenated alkanes) is 2. The second-order valence-electron chi connectivity index (χ2n) is 37.3. The van der Waals surface area contributed by atoms with Crippen LogP contribution in [0.1, 0.15) is 224 Å². The molecule has 0 saturated heterocycles. The van der Waals surface area contributed by atoms with Crippen molar-refractivity contribution in [2.75, 3.05) is 103 Å². The van der Waals surface area contributed by atoms with Gasteiger partial charge in [0.15, 0.2) is 9.75 Å². The zero-order valence-corrected chi connectivity index (χ0v) is 90.5. The van der Waals surface area contributed by atoms with Crippen LogP contribution in [0.3, 0.4) is 0 Å². The molecule has 33 heteroatoms. The molecule has 0 radical (unpaired) electrons. The number of nitrogens with zero attached hydrogens (tertiary/aromatic N) is 3. The number of allylic oxidation sites excluding steroid dienone is 2. The second kappa shape index (κ2) is 62.4. The van der Waals surface area contributed by atoms with Crippen LogP contribution < -0.4 is 4.74 Å². The van der Waals surface area contributed by atoms with Crippen molar-refractivity contribution in [1.29, 1.82) is 5.26 Å². The summed E-state index contributed by atoms with van der Waals surface area (Å²) in [6, 6.07) is 54.3. The number of nitriles is 1. The number of thioether (sulfide) groups is 4. The number of benzene rings is 7. The highest BCUT2D eigenvalue weighted by atomic mass is 35.5. The van der Waals surface area contributed by atoms with Crippen LogP contribution in [0.15, 0.2) is 188 Å². The fourth-order valence-corrected chi connectivity index (χ4v) is 27.3. The highest BCUT2D eigenvalue weighted by molar-refractivity contribution is 8.00. The zero-order chi connectivity index (χ0) is 104. The Morgan fingerprint density at radius 2 is 1.22 bits per heavy atom. The van der Waals surface area contributed by atoms with Crippen LogP contribution in [0.4, 0.5) is 10.1 Å². The van der Waals surface area contributed by atoms with Crippen LogP contribution in [0, 0.1) is 88.6 Å². The molecule has 7 aromatic carbocycles. The van der Waals surface area contributed by atoms with E-state index >= 15 is 0 Å². The normalized spacial score (nSPS) is 18.6. The largest absolute Gasteiger partial charge is 0.495 e. The summed E-state index contributed by atoms with van der Waals surface area (Å²) >= 11 is 29.4. The summed E-state index contributed by atoms with van der Waals surface area (Å²) in [6.45, 7) is 10.6. The van der Waals surface area contributed by atoms with Crippen LogP contribution in [-0.2, 0) is 83.8 Å². The van der Waals surface area contributed by atoms with Crippen LogP contribution in [0.5, 0.6) is 5.75 Å². The first-order valence-corrected chi connectivity index (χ1v) is 56.7. The highest BCUT2D eigenvalue weighted by Gasteiger charge is 2.39. The van der Waals surface area contributed by atoms with E-state index in [1.54, 1.807) is 53.5 Å². The first kappa shape index (κ1) is 119. The molecule has 145 heavy (non-hydrogen) atoms. The lowest BCUT2D eigenvalue weighted by atomic mass is 9.78. The molecule has 0 aliphatic heterocycles. The van der Waals surface area contributed by atoms with Gasteiger partial charge in [-0.05, 0) is 269 Å². The Morgan fingerprint density at radius 1 is 0.600 bits per heavy atom. The van der Waals surface area contributed by atoms with E-state index in [-0.39, 0.29) is 123 Å². The number of aromatic nitrogens is 1. The molecule has 9 aromatic rings. The van der Waals surface area contributed by atoms with Gasteiger partial charge in [0.1, 0.15) is 38.0 Å². The number of hydrogen-bond donors (Lipinski definition) is 7. The number of ether oxygens (including phenoxy) is 6. The van der Waals surface area contributed by atoms with Gasteiger partial charge in [-0.1, -0.05) is 143 Å². The van der Waals surface area contributed by atoms with Gasteiger partial charge in [0.25, 0.3) is 5.69 Å². The molecular weight excluding hydrogens is 2020 g/mol. The van der Waals surface area contributed by atoms with Crippen molar-refractivity contribution in [3.05, 3.63) is 271 Å². The van der Waals surface area contributed by atoms with Gasteiger partial charge in [-0.2, -0.15) is 9.65 Å². The molecule has 13 rings (SSSR count). The van der Waals surface area contributed by atoms with Crippen LogP contribution in [0.25, 0.3) is 0 Å². The third kappa shape index (κ3) is 36.8. The van der Waals surface area contributed by atoms with Gasteiger partial charge in [-0.25, -0.2) is 19.4 Å². The zero-order valence-electron chi connectivity index (χ0n) is 83.3. The van der Waals surface area contributed by atoms with E-state index in [0.29, 0.717) is 114 Å². The van der Waals surface area contributed by atoms with Crippen molar-refractivity contribution >= 4 is 140 Å². The summed E-state index contributed by atoms with van der Waals surface area (Å²) in [4.78, 5) is 81.5. The van der Waals surface area contributed by atoms with Gasteiger partial charge < -0.3 is 64.2 Å². The molecule has 23 nitrogen and oxygen atoms in total. The standard InChI is InChI=1S/C31H35ClO5S2.C29H35NO5S.C27H37ClFNO4S2.C25H30ClNO6S/c1-31(2,22-7-5-4-6-8-22)23-10-12-24(13-11-23)38-20-26-21(9-14-27(26)32)18-36-19-25-17-28(35-3)29(39-25)30(34)37-16-15-33;1-19-13-25(14-20(2)26(19)9-10-31)36-18-27-23(5-7-28(27)33)16-21-3-4-24(17-30)22(15-21)6-8-29(34)35-12-11-32;1-2-3-4-10-23(32)19-8-5-9-20(16-19)35-17-21-18(12-13-22(21)28)7-6-11-24-30-26(29)25(36-24)27(33)34-15-14-31;26-23-9-8-18(22(23)16-34-21-3-1-2-17(14-21)10-11-28)4-5-19-6-7-20(15-24(19)27(31)32)25(30)33-13-12-29/h4-8,10-14,17,21,26,33H,9,15-16,18-20H2,1-3H3;3-4,13-15,23,27,31-32H,5-12,16,18H2,1-2H3;5,8-9,16,18,21-23,31-32H,2-4,6-7,10-15,17H2,1H3;1-3,6-7,14-15,18,22-23,28-29H,4-5,8-13,16H2/t21-,26-;23-,27-;18-,21+,22?,23?;18-,22+,23?/m1100/s1. The molecule has 2 aromatic heterocycles. The number of nitro groups is 1. The maximum Gasteiger partial charge on any atom is 0.353 e. The minimum atomic E-state index is -0.799. The van der Waals surface area contributed by atoms with E-state index in [9.17, 15) is 54.0 Å². The lowest BCUT2D eigenvalue weighted by Gasteiger charge is -2.26. The van der Waals surface area contributed by atoms with Crippen molar-refractivity contribution in [1.82, 2.24) is 4.98 Å². The SMILES string of the molecule is CCCCCC(O)c1cccc(SC[C@H]2C(Cl)CC[C@@H]2CCCc2nc(F)c(C(=O)OCCO)s2)c1.COc1cc(COC[C@H]2CC=C(Cl)[C@@H]2CSc2ccc(C(C)(C)c3ccccc3)cc2)sc1C(=O)OCCO.Cc1cc(SC[C@H]2C(=O)CC[C@@H]2Cc2ccc(C#N)c(CCC(=O)OCCO)c2)cc(C)c1CCO.O=C(OCCO)c1ccc(CC[C@H]2CCC(Cl)[C@@H]2CSc2cccc(CCO)c2)c([N+](=O)[O-])c1. The van der Waals surface area contributed by atoms with Crippen molar-refractivity contribution in [3.8, 4) is 11.8 Å².